The summed E-state index contributed by atoms with van der Waals surface area (Å²) in [5.41, 5.74) is 4.05. The molecule has 0 radical (unpaired) electrons. The van der Waals surface area contributed by atoms with Crippen LogP contribution in [-0.4, -0.2) is 7.05 Å². The number of nitrogens with one attached hydrogen (secondary N) is 1. The summed E-state index contributed by atoms with van der Waals surface area (Å²) in [6.07, 6.45) is 0. The number of hydrogen-bond acceptors (Lipinski definition) is 1. The van der Waals surface area contributed by atoms with Crippen molar-refractivity contribution in [2.45, 2.75) is 32.2 Å². The van der Waals surface area contributed by atoms with E-state index in [0.717, 1.165) is 5.02 Å². The molecular weight excluding hydrogens is 266 g/mol. The van der Waals surface area contributed by atoms with Gasteiger partial charge in [0.1, 0.15) is 0 Å². The highest BCUT2D eigenvalue weighted by molar-refractivity contribution is 6.30. The summed E-state index contributed by atoms with van der Waals surface area (Å²) in [4.78, 5) is 0. The molecule has 0 aromatic heterocycles. The van der Waals surface area contributed by atoms with Gasteiger partial charge in [0.2, 0.25) is 0 Å². The third-order valence-electron chi connectivity index (χ3n) is 3.57. The molecule has 0 bridgehead atoms. The minimum Gasteiger partial charge on any atom is -0.309 e. The molecule has 1 atom stereocenters. The van der Waals surface area contributed by atoms with E-state index in [1.807, 2.05) is 19.2 Å². The van der Waals surface area contributed by atoms with E-state index in [2.05, 4.69) is 62.5 Å². The van der Waals surface area contributed by atoms with Crippen molar-refractivity contribution in [2.24, 2.45) is 0 Å². The number of rotatable bonds is 3. The summed E-state index contributed by atoms with van der Waals surface area (Å²) >= 11 is 5.99. The van der Waals surface area contributed by atoms with Crippen molar-refractivity contribution in [1.29, 1.82) is 0 Å². The van der Waals surface area contributed by atoms with Gasteiger partial charge < -0.3 is 5.32 Å². The zero-order chi connectivity index (χ0) is 14.8. The van der Waals surface area contributed by atoms with Gasteiger partial charge in [-0.15, -0.1) is 0 Å². The second kappa shape index (κ2) is 5.99. The fraction of sp³-hybridized carbons (Fsp3) is 0.333. The molecule has 2 aromatic carbocycles. The number of halogens is 1. The molecule has 20 heavy (non-hydrogen) atoms. The molecule has 0 amide bonds. The monoisotopic (exact) mass is 287 g/mol. The zero-order valence-corrected chi connectivity index (χ0v) is 13.3. The maximum Gasteiger partial charge on any atom is 0.0577 e. The van der Waals surface area contributed by atoms with E-state index in [1.165, 1.54) is 16.7 Å². The van der Waals surface area contributed by atoms with Crippen LogP contribution in [0.25, 0.3) is 0 Å². The molecule has 2 heteroatoms. The fourth-order valence-electron chi connectivity index (χ4n) is 2.59. The molecule has 1 unspecified atom stereocenters. The third-order valence-corrected chi connectivity index (χ3v) is 3.82. The van der Waals surface area contributed by atoms with Crippen LogP contribution in [0.4, 0.5) is 0 Å². The van der Waals surface area contributed by atoms with Crippen LogP contribution in [0.2, 0.25) is 5.02 Å². The highest BCUT2D eigenvalue weighted by atomic mass is 35.5. The molecule has 2 rings (SSSR count). The Bertz CT molecular complexity index is 567. The molecule has 2 aromatic rings. The Morgan fingerprint density at radius 2 is 1.55 bits per heavy atom. The normalized spacial score (nSPS) is 13.2. The predicted octanol–water partition coefficient (Wildman–Crippen LogP) is 4.95. The van der Waals surface area contributed by atoms with Gasteiger partial charge in [0.05, 0.1) is 6.04 Å². The molecular formula is C18H22ClN. The Hall–Kier alpha value is -1.31. The first kappa shape index (κ1) is 15.1. The first-order valence-corrected chi connectivity index (χ1v) is 7.33. The smallest absolute Gasteiger partial charge is 0.0577 e. The molecule has 0 aliphatic carbocycles. The molecule has 0 heterocycles. The second-order valence-corrected chi connectivity index (χ2v) is 6.55. The third kappa shape index (κ3) is 3.23. The van der Waals surface area contributed by atoms with Gasteiger partial charge in [0, 0.05) is 5.02 Å². The maximum absolute atomic E-state index is 5.99. The lowest BCUT2D eigenvalue weighted by molar-refractivity contribution is 0.567. The molecule has 1 nitrogen and oxygen atoms in total. The van der Waals surface area contributed by atoms with E-state index < -0.39 is 0 Å². The largest absolute Gasteiger partial charge is 0.309 e. The quantitative estimate of drug-likeness (QED) is 0.842. The van der Waals surface area contributed by atoms with E-state index in [0.29, 0.717) is 0 Å². The summed E-state index contributed by atoms with van der Waals surface area (Å²) in [6.45, 7) is 6.75. The molecule has 0 saturated carbocycles. The molecule has 1 N–H and O–H groups in total. The van der Waals surface area contributed by atoms with Crippen LogP contribution in [0, 0.1) is 0 Å². The fourth-order valence-corrected chi connectivity index (χ4v) is 2.71. The highest BCUT2D eigenvalue weighted by Gasteiger charge is 2.22. The van der Waals surface area contributed by atoms with Crippen LogP contribution in [0.15, 0.2) is 48.5 Å². The first-order valence-electron chi connectivity index (χ1n) is 6.95. The van der Waals surface area contributed by atoms with Crippen LogP contribution >= 0.6 is 11.6 Å². The summed E-state index contributed by atoms with van der Waals surface area (Å²) in [6, 6.07) is 16.9. The van der Waals surface area contributed by atoms with Crippen LogP contribution in [-0.2, 0) is 5.41 Å². The van der Waals surface area contributed by atoms with E-state index in [1.54, 1.807) is 0 Å². The highest BCUT2D eigenvalue weighted by Crippen LogP contribution is 2.32. The summed E-state index contributed by atoms with van der Waals surface area (Å²) in [7, 11) is 2.00. The average Bonchev–Trinajstić information content (AvgIpc) is 2.41. The number of benzene rings is 2. The van der Waals surface area contributed by atoms with Gasteiger partial charge in [-0.05, 0) is 41.3 Å². The first-order chi connectivity index (χ1) is 9.43. The van der Waals surface area contributed by atoms with Gasteiger partial charge >= 0.3 is 0 Å². The van der Waals surface area contributed by atoms with Gasteiger partial charge in [-0.2, -0.15) is 0 Å². The Balaban J connectivity index is 2.50. The van der Waals surface area contributed by atoms with Gasteiger partial charge in [-0.3, -0.25) is 0 Å². The Kier molecular flexibility index (Phi) is 4.52. The van der Waals surface area contributed by atoms with E-state index in [-0.39, 0.29) is 11.5 Å². The van der Waals surface area contributed by atoms with Gasteiger partial charge in [0.15, 0.2) is 0 Å². The Labute approximate surface area is 127 Å². The van der Waals surface area contributed by atoms with Crippen molar-refractivity contribution in [3.05, 3.63) is 70.2 Å². The van der Waals surface area contributed by atoms with E-state index in [4.69, 9.17) is 11.6 Å². The van der Waals surface area contributed by atoms with Crippen LogP contribution in [0.5, 0.6) is 0 Å². The average molecular weight is 288 g/mol. The van der Waals surface area contributed by atoms with Crippen molar-refractivity contribution >= 4 is 11.6 Å². The predicted molar refractivity (Wildman–Crippen MR) is 87.5 cm³/mol. The zero-order valence-electron chi connectivity index (χ0n) is 12.6. The minimum absolute atomic E-state index is 0.123. The van der Waals surface area contributed by atoms with E-state index in [9.17, 15) is 0 Å². The van der Waals surface area contributed by atoms with Gasteiger partial charge in [-0.1, -0.05) is 68.8 Å². The lowest BCUT2D eigenvalue weighted by atomic mass is 9.80. The van der Waals surface area contributed by atoms with Crippen molar-refractivity contribution in [1.82, 2.24) is 5.32 Å². The van der Waals surface area contributed by atoms with Crippen LogP contribution in [0.3, 0.4) is 0 Å². The molecule has 0 aliphatic rings. The van der Waals surface area contributed by atoms with Crippen molar-refractivity contribution < 1.29 is 0 Å². The maximum atomic E-state index is 5.99. The van der Waals surface area contributed by atoms with Crippen molar-refractivity contribution in [2.75, 3.05) is 7.05 Å². The molecule has 0 spiro atoms. The Morgan fingerprint density at radius 1 is 0.950 bits per heavy atom. The van der Waals surface area contributed by atoms with Crippen molar-refractivity contribution in [3.63, 3.8) is 0 Å². The van der Waals surface area contributed by atoms with E-state index >= 15 is 0 Å². The van der Waals surface area contributed by atoms with Crippen LogP contribution in [0.1, 0.15) is 43.5 Å². The van der Waals surface area contributed by atoms with Crippen LogP contribution < -0.4 is 5.32 Å². The Morgan fingerprint density at radius 3 is 2.10 bits per heavy atom. The van der Waals surface area contributed by atoms with Crippen molar-refractivity contribution in [3.8, 4) is 0 Å². The number of hydrogen-bond donors (Lipinski definition) is 1. The van der Waals surface area contributed by atoms with Gasteiger partial charge in [-0.25, -0.2) is 0 Å². The summed E-state index contributed by atoms with van der Waals surface area (Å²) in [5.74, 6) is 0. The second-order valence-electron chi connectivity index (χ2n) is 6.11. The topological polar surface area (TPSA) is 12.0 Å². The lowest BCUT2D eigenvalue weighted by Crippen LogP contribution is -2.23. The summed E-state index contributed by atoms with van der Waals surface area (Å²) in [5, 5.41) is 4.19. The van der Waals surface area contributed by atoms with Gasteiger partial charge in [0.25, 0.3) is 0 Å². The molecule has 0 saturated heterocycles. The SMILES string of the molecule is CNC(c1ccc(Cl)cc1)c1ccccc1C(C)(C)C. The molecule has 0 fully saturated rings. The summed E-state index contributed by atoms with van der Waals surface area (Å²) < 4.78 is 0. The molecule has 0 aliphatic heterocycles. The standard InChI is InChI=1S/C18H22ClN/c1-18(2,3)16-8-6-5-7-15(16)17(20-4)13-9-11-14(19)12-10-13/h5-12,17,20H,1-4H3. The molecule has 106 valence electrons. The minimum atomic E-state index is 0.123. The lowest BCUT2D eigenvalue weighted by Gasteiger charge is -2.27.